The number of aromatic nitrogens is 2. The van der Waals surface area contributed by atoms with Crippen LogP contribution in [0.15, 0.2) is 48.7 Å². The smallest absolute Gasteiger partial charge is 0.420 e. The molecule has 0 aliphatic carbocycles. The number of ether oxygens (including phenoxy) is 1. The number of hydrogen-bond donors (Lipinski definition) is 3. The van der Waals surface area contributed by atoms with Crippen LogP contribution >= 0.6 is 11.6 Å². The Hall–Kier alpha value is -3.17. The number of β-amino-alcohol motifs (C(OH)–C–C–N with tert-alkyl or cyclic N) is 1. The highest BCUT2D eigenvalue weighted by molar-refractivity contribution is 6.20. The van der Waals surface area contributed by atoms with Gasteiger partial charge >= 0.3 is 5.57 Å². The highest BCUT2D eigenvalue weighted by Crippen LogP contribution is 2.38. The molecule has 2 heterocycles. The maximum atomic E-state index is 12.9. The van der Waals surface area contributed by atoms with Gasteiger partial charge < -0.3 is 20.1 Å². The molecule has 2 aromatic carbocycles. The largest absolute Gasteiger partial charge is 0.487 e. The second kappa shape index (κ2) is 8.52. The third kappa shape index (κ3) is 4.78. The minimum absolute atomic E-state index is 0.0272. The van der Waals surface area contributed by atoms with Crippen molar-refractivity contribution < 1.29 is 23.4 Å². The molecule has 0 radical (unpaired) electrons. The number of halogens is 3. The van der Waals surface area contributed by atoms with E-state index in [1.807, 2.05) is 12.1 Å². The SMILES string of the molecule is O=C(Nc1ccc(OC(F)(F)Cl)cc1)c1cc2c(c(-c3ccn[nH]3)c1)N(CCO)CC2. The van der Waals surface area contributed by atoms with Crippen LogP contribution in [0.25, 0.3) is 11.3 Å². The molecule has 7 nitrogen and oxygen atoms in total. The van der Waals surface area contributed by atoms with Crippen molar-refractivity contribution in [1.82, 2.24) is 10.2 Å². The topological polar surface area (TPSA) is 90.5 Å². The lowest BCUT2D eigenvalue weighted by Gasteiger charge is -2.21. The fraction of sp³-hybridized carbons (Fsp3) is 0.238. The molecular weight excluding hydrogens is 430 g/mol. The zero-order chi connectivity index (χ0) is 22.0. The van der Waals surface area contributed by atoms with Gasteiger partial charge in [0.15, 0.2) is 0 Å². The van der Waals surface area contributed by atoms with Crippen molar-refractivity contribution in [2.45, 2.75) is 12.0 Å². The minimum Gasteiger partial charge on any atom is -0.420 e. The first kappa shape index (κ1) is 21.1. The van der Waals surface area contributed by atoms with Gasteiger partial charge in [0.2, 0.25) is 0 Å². The number of anilines is 2. The van der Waals surface area contributed by atoms with Crippen molar-refractivity contribution in [3.8, 4) is 17.0 Å². The van der Waals surface area contributed by atoms with Crippen LogP contribution in [0.2, 0.25) is 0 Å². The second-order valence-corrected chi connectivity index (χ2v) is 7.43. The van der Waals surface area contributed by atoms with Gasteiger partial charge in [-0.05, 0) is 54.4 Å². The molecule has 0 bridgehead atoms. The lowest BCUT2D eigenvalue weighted by atomic mass is 10.00. The molecule has 0 atom stereocenters. The number of aliphatic hydroxyl groups excluding tert-OH is 1. The zero-order valence-corrected chi connectivity index (χ0v) is 17.0. The maximum absolute atomic E-state index is 12.9. The molecular formula is C21H19ClF2N4O3. The number of benzene rings is 2. The van der Waals surface area contributed by atoms with E-state index in [-0.39, 0.29) is 18.3 Å². The lowest BCUT2D eigenvalue weighted by molar-refractivity contribution is -0.0964. The molecule has 1 aliphatic heterocycles. The fourth-order valence-corrected chi connectivity index (χ4v) is 3.74. The lowest BCUT2D eigenvalue weighted by Crippen LogP contribution is -2.24. The van der Waals surface area contributed by atoms with E-state index in [1.165, 1.54) is 24.3 Å². The van der Waals surface area contributed by atoms with Crippen LogP contribution in [0.1, 0.15) is 15.9 Å². The average molecular weight is 449 g/mol. The monoisotopic (exact) mass is 448 g/mol. The van der Waals surface area contributed by atoms with Crippen LogP contribution in [0.4, 0.5) is 20.2 Å². The molecule has 1 aliphatic rings. The van der Waals surface area contributed by atoms with Gasteiger partial charge in [-0.15, -0.1) is 8.78 Å². The first-order chi connectivity index (χ1) is 14.8. The van der Waals surface area contributed by atoms with Crippen LogP contribution < -0.4 is 15.0 Å². The predicted octanol–water partition coefficient (Wildman–Crippen LogP) is 3.85. The fourth-order valence-electron chi connectivity index (χ4n) is 3.66. The molecule has 0 unspecified atom stereocenters. The number of amides is 1. The van der Waals surface area contributed by atoms with Crippen molar-refractivity contribution in [3.05, 3.63) is 59.8 Å². The number of H-pyrrole nitrogens is 1. The van der Waals surface area contributed by atoms with Crippen LogP contribution in [0, 0.1) is 0 Å². The van der Waals surface area contributed by atoms with Gasteiger partial charge in [0.1, 0.15) is 5.75 Å². The standard InChI is InChI=1S/C21H19ClF2N4O3/c22-21(23,24)31-16-3-1-15(2-4-16)26-20(30)14-11-13-6-8-28(9-10-29)19(13)17(12-14)18-5-7-25-27-18/h1-5,7,11-12,29H,6,8-10H2,(H,25,27)(H,26,30). The number of alkyl halides is 3. The van der Waals surface area contributed by atoms with E-state index < -0.39 is 5.57 Å². The number of rotatable bonds is 7. The number of fused-ring (bicyclic) bond motifs is 1. The third-order valence-corrected chi connectivity index (χ3v) is 5.00. The minimum atomic E-state index is -3.80. The summed E-state index contributed by atoms with van der Waals surface area (Å²) in [5.74, 6) is -0.471. The van der Waals surface area contributed by atoms with E-state index in [0.29, 0.717) is 17.8 Å². The van der Waals surface area contributed by atoms with Gasteiger partial charge in [0, 0.05) is 53.4 Å². The molecule has 1 amide bonds. The number of aliphatic hydroxyl groups is 1. The summed E-state index contributed by atoms with van der Waals surface area (Å²) in [4.78, 5) is 15.0. The van der Waals surface area contributed by atoms with Crippen LogP contribution in [0.3, 0.4) is 0 Å². The van der Waals surface area contributed by atoms with Crippen molar-refractivity contribution in [3.63, 3.8) is 0 Å². The van der Waals surface area contributed by atoms with E-state index in [2.05, 4.69) is 25.2 Å². The van der Waals surface area contributed by atoms with Crippen molar-refractivity contribution >= 4 is 28.9 Å². The third-order valence-electron chi connectivity index (χ3n) is 4.92. The summed E-state index contributed by atoms with van der Waals surface area (Å²) in [5, 5.41) is 19.1. The summed E-state index contributed by atoms with van der Waals surface area (Å²) in [7, 11) is 0. The van der Waals surface area contributed by atoms with Crippen molar-refractivity contribution in [1.29, 1.82) is 0 Å². The molecule has 0 saturated heterocycles. The summed E-state index contributed by atoms with van der Waals surface area (Å²) < 4.78 is 29.7. The quantitative estimate of drug-likeness (QED) is 0.478. The van der Waals surface area contributed by atoms with E-state index in [9.17, 15) is 18.7 Å². The zero-order valence-electron chi connectivity index (χ0n) is 16.2. The first-order valence-corrected chi connectivity index (χ1v) is 9.91. The van der Waals surface area contributed by atoms with Crippen molar-refractivity contribution in [2.75, 3.05) is 29.9 Å². The van der Waals surface area contributed by atoms with E-state index >= 15 is 0 Å². The Morgan fingerprint density at radius 3 is 2.71 bits per heavy atom. The molecule has 0 spiro atoms. The second-order valence-electron chi connectivity index (χ2n) is 6.99. The van der Waals surface area contributed by atoms with Gasteiger partial charge in [0.05, 0.1) is 12.3 Å². The number of carbonyl (C=O) groups is 1. The van der Waals surface area contributed by atoms with E-state index in [1.54, 1.807) is 12.3 Å². The highest BCUT2D eigenvalue weighted by Gasteiger charge is 2.28. The van der Waals surface area contributed by atoms with Crippen LogP contribution in [-0.4, -0.2) is 46.5 Å². The van der Waals surface area contributed by atoms with Crippen molar-refractivity contribution in [2.24, 2.45) is 0 Å². The number of carbonyl (C=O) groups excluding carboxylic acids is 1. The molecule has 10 heteroatoms. The van der Waals surface area contributed by atoms with Gasteiger partial charge in [-0.3, -0.25) is 9.89 Å². The number of hydrogen-bond acceptors (Lipinski definition) is 5. The van der Waals surface area contributed by atoms with Crippen LogP contribution in [0.5, 0.6) is 5.75 Å². The number of nitrogens with zero attached hydrogens (tertiary/aromatic N) is 2. The van der Waals surface area contributed by atoms with E-state index in [4.69, 9.17) is 11.6 Å². The summed E-state index contributed by atoms with van der Waals surface area (Å²) in [5.41, 5.74) is 0.612. The molecule has 3 N–H and O–H groups in total. The molecule has 4 rings (SSSR count). The summed E-state index contributed by atoms with van der Waals surface area (Å²) >= 11 is 4.76. The number of aromatic amines is 1. The van der Waals surface area contributed by atoms with Gasteiger partial charge in [0.25, 0.3) is 5.91 Å². The first-order valence-electron chi connectivity index (χ1n) is 9.54. The summed E-state index contributed by atoms with van der Waals surface area (Å²) in [6.45, 7) is 1.27. The van der Waals surface area contributed by atoms with E-state index in [0.717, 1.165) is 35.5 Å². The van der Waals surface area contributed by atoms with Gasteiger partial charge in [-0.2, -0.15) is 5.10 Å². The molecule has 31 heavy (non-hydrogen) atoms. The van der Waals surface area contributed by atoms with Crippen LogP contribution in [-0.2, 0) is 6.42 Å². The Morgan fingerprint density at radius 2 is 2.06 bits per heavy atom. The van der Waals surface area contributed by atoms with Gasteiger partial charge in [-0.1, -0.05) is 0 Å². The molecule has 3 aromatic rings. The molecule has 162 valence electrons. The molecule has 0 saturated carbocycles. The summed E-state index contributed by atoms with van der Waals surface area (Å²) in [6, 6.07) is 10.9. The molecule has 0 fully saturated rings. The predicted molar refractivity (Wildman–Crippen MR) is 113 cm³/mol. The molecule has 1 aromatic heterocycles. The van der Waals surface area contributed by atoms with Gasteiger partial charge in [-0.25, -0.2) is 0 Å². The number of nitrogens with one attached hydrogen (secondary N) is 2. The Labute approximate surface area is 181 Å². The Bertz CT molecular complexity index is 1070. The Morgan fingerprint density at radius 1 is 1.29 bits per heavy atom. The average Bonchev–Trinajstić information content (AvgIpc) is 3.38. The summed E-state index contributed by atoms with van der Waals surface area (Å²) in [6.07, 6.45) is 2.38. The highest BCUT2D eigenvalue weighted by atomic mass is 35.5. The maximum Gasteiger partial charge on any atom is 0.487 e. The normalized spacial score (nSPS) is 13.2. The Kier molecular flexibility index (Phi) is 5.79. The Balaban J connectivity index is 1.60.